The molecular formula is C16H23FN2. The summed E-state index contributed by atoms with van der Waals surface area (Å²) in [7, 11) is 0. The van der Waals surface area contributed by atoms with Crippen molar-refractivity contribution in [2.45, 2.75) is 33.7 Å². The highest BCUT2D eigenvalue weighted by Gasteiger charge is 2.21. The predicted molar refractivity (Wildman–Crippen MR) is 78.2 cm³/mol. The number of nitrogens with zero attached hydrogens (tertiary/aromatic N) is 1. The van der Waals surface area contributed by atoms with Crippen molar-refractivity contribution in [1.29, 1.82) is 0 Å². The molecule has 0 radical (unpaired) electrons. The standard InChI is InChI=1S/C16H23FN2/c1-16(2,3)13-7-9-19(10-8-13)11-12-5-4-6-14(17)15(12)18/h4-7H,8-11,18H2,1-3H3. The number of hydrogen-bond acceptors (Lipinski definition) is 2. The fourth-order valence-electron chi connectivity index (χ4n) is 2.50. The molecule has 2 N–H and O–H groups in total. The van der Waals surface area contributed by atoms with Crippen molar-refractivity contribution in [1.82, 2.24) is 4.90 Å². The minimum Gasteiger partial charge on any atom is -0.396 e. The maximum Gasteiger partial charge on any atom is 0.146 e. The van der Waals surface area contributed by atoms with Gasteiger partial charge in [0.15, 0.2) is 0 Å². The smallest absolute Gasteiger partial charge is 0.146 e. The van der Waals surface area contributed by atoms with Crippen LogP contribution in [-0.2, 0) is 6.54 Å². The lowest BCUT2D eigenvalue weighted by Gasteiger charge is -2.32. The van der Waals surface area contributed by atoms with Crippen LogP contribution in [0.5, 0.6) is 0 Å². The summed E-state index contributed by atoms with van der Waals surface area (Å²) in [5, 5.41) is 0. The zero-order valence-electron chi connectivity index (χ0n) is 12.0. The SMILES string of the molecule is CC(C)(C)C1=CCN(Cc2cccc(F)c2N)CC1. The molecule has 1 aromatic rings. The molecule has 0 spiro atoms. The topological polar surface area (TPSA) is 29.3 Å². The average molecular weight is 262 g/mol. The van der Waals surface area contributed by atoms with Gasteiger partial charge in [-0.3, -0.25) is 4.90 Å². The maximum absolute atomic E-state index is 13.4. The number of nitrogen functional groups attached to an aromatic ring is 1. The molecule has 0 aromatic heterocycles. The van der Waals surface area contributed by atoms with Gasteiger partial charge in [-0.2, -0.15) is 0 Å². The van der Waals surface area contributed by atoms with Crippen LogP contribution in [0.25, 0.3) is 0 Å². The molecule has 1 aliphatic rings. The molecule has 0 fully saturated rings. The lowest BCUT2D eigenvalue weighted by Crippen LogP contribution is -2.31. The van der Waals surface area contributed by atoms with E-state index in [1.54, 1.807) is 6.07 Å². The van der Waals surface area contributed by atoms with Crippen molar-refractivity contribution in [2.75, 3.05) is 18.8 Å². The Bertz CT molecular complexity index is 486. The quantitative estimate of drug-likeness (QED) is 0.652. The molecule has 0 atom stereocenters. The van der Waals surface area contributed by atoms with Crippen LogP contribution >= 0.6 is 0 Å². The van der Waals surface area contributed by atoms with Gasteiger partial charge in [0.25, 0.3) is 0 Å². The molecule has 0 bridgehead atoms. The highest BCUT2D eigenvalue weighted by atomic mass is 19.1. The third kappa shape index (κ3) is 3.35. The molecule has 2 nitrogen and oxygen atoms in total. The minimum absolute atomic E-state index is 0.254. The summed E-state index contributed by atoms with van der Waals surface area (Å²) < 4.78 is 13.4. The predicted octanol–water partition coefficient (Wildman–Crippen LogP) is 3.59. The monoisotopic (exact) mass is 262 g/mol. The summed E-state index contributed by atoms with van der Waals surface area (Å²) in [4.78, 5) is 2.31. The third-order valence-electron chi connectivity index (χ3n) is 3.79. The van der Waals surface area contributed by atoms with E-state index in [4.69, 9.17) is 5.73 Å². The van der Waals surface area contributed by atoms with Gasteiger partial charge < -0.3 is 5.73 Å². The Morgan fingerprint density at radius 2 is 2.05 bits per heavy atom. The summed E-state index contributed by atoms with van der Waals surface area (Å²) in [5.74, 6) is -0.319. The summed E-state index contributed by atoms with van der Waals surface area (Å²) in [6.07, 6.45) is 3.39. The number of anilines is 1. The van der Waals surface area contributed by atoms with Crippen LogP contribution in [0.2, 0.25) is 0 Å². The largest absolute Gasteiger partial charge is 0.396 e. The number of nitrogens with two attached hydrogens (primary N) is 1. The van der Waals surface area contributed by atoms with E-state index in [0.717, 1.165) is 31.6 Å². The van der Waals surface area contributed by atoms with E-state index < -0.39 is 0 Å². The maximum atomic E-state index is 13.4. The Morgan fingerprint density at radius 1 is 1.32 bits per heavy atom. The summed E-state index contributed by atoms with van der Waals surface area (Å²) in [6, 6.07) is 5.04. The van der Waals surface area contributed by atoms with Crippen LogP contribution in [-0.4, -0.2) is 18.0 Å². The molecule has 1 heterocycles. The Kier molecular flexibility index (Phi) is 3.95. The zero-order chi connectivity index (χ0) is 14.0. The van der Waals surface area contributed by atoms with Crippen LogP contribution in [0.3, 0.4) is 0 Å². The van der Waals surface area contributed by atoms with Crippen molar-refractivity contribution in [3.05, 3.63) is 41.2 Å². The first-order chi connectivity index (χ1) is 8.88. The molecule has 0 aliphatic carbocycles. The molecule has 1 aromatic carbocycles. The highest BCUT2D eigenvalue weighted by molar-refractivity contribution is 5.47. The number of halogens is 1. The van der Waals surface area contributed by atoms with Gasteiger partial charge in [-0.25, -0.2) is 4.39 Å². The van der Waals surface area contributed by atoms with Gasteiger partial charge in [0, 0.05) is 19.6 Å². The van der Waals surface area contributed by atoms with E-state index >= 15 is 0 Å². The molecular weight excluding hydrogens is 239 g/mol. The van der Waals surface area contributed by atoms with E-state index in [1.165, 1.54) is 11.6 Å². The van der Waals surface area contributed by atoms with Crippen molar-refractivity contribution in [3.8, 4) is 0 Å². The molecule has 0 amide bonds. The molecule has 0 unspecified atom stereocenters. The molecule has 2 rings (SSSR count). The van der Waals surface area contributed by atoms with Gasteiger partial charge in [0.05, 0.1) is 5.69 Å². The Labute approximate surface area is 115 Å². The van der Waals surface area contributed by atoms with Crippen LogP contribution < -0.4 is 5.73 Å². The van der Waals surface area contributed by atoms with E-state index in [-0.39, 0.29) is 16.9 Å². The van der Waals surface area contributed by atoms with Gasteiger partial charge in [0.2, 0.25) is 0 Å². The van der Waals surface area contributed by atoms with E-state index in [0.29, 0.717) is 0 Å². The summed E-state index contributed by atoms with van der Waals surface area (Å²) in [5.41, 5.74) is 8.71. The second-order valence-electron chi connectivity index (χ2n) is 6.28. The number of benzene rings is 1. The zero-order valence-corrected chi connectivity index (χ0v) is 12.0. The second-order valence-corrected chi connectivity index (χ2v) is 6.28. The molecule has 19 heavy (non-hydrogen) atoms. The summed E-state index contributed by atoms with van der Waals surface area (Å²) >= 11 is 0. The minimum atomic E-state index is -0.319. The fourth-order valence-corrected chi connectivity index (χ4v) is 2.50. The van der Waals surface area contributed by atoms with Crippen molar-refractivity contribution < 1.29 is 4.39 Å². The van der Waals surface area contributed by atoms with E-state index in [9.17, 15) is 4.39 Å². The van der Waals surface area contributed by atoms with Gasteiger partial charge in [-0.15, -0.1) is 0 Å². The van der Waals surface area contributed by atoms with Crippen molar-refractivity contribution in [3.63, 3.8) is 0 Å². The Hall–Kier alpha value is -1.35. The Morgan fingerprint density at radius 3 is 2.63 bits per heavy atom. The average Bonchev–Trinajstić information content (AvgIpc) is 2.35. The van der Waals surface area contributed by atoms with Gasteiger partial charge in [-0.1, -0.05) is 44.6 Å². The van der Waals surface area contributed by atoms with Crippen LogP contribution in [0.4, 0.5) is 10.1 Å². The first kappa shape index (κ1) is 14.1. The van der Waals surface area contributed by atoms with Crippen molar-refractivity contribution in [2.24, 2.45) is 5.41 Å². The van der Waals surface area contributed by atoms with Crippen LogP contribution in [0, 0.1) is 11.2 Å². The molecule has 104 valence electrons. The fraction of sp³-hybridized carbons (Fsp3) is 0.500. The summed E-state index contributed by atoms with van der Waals surface area (Å²) in [6.45, 7) is 9.40. The molecule has 0 saturated heterocycles. The van der Waals surface area contributed by atoms with Gasteiger partial charge >= 0.3 is 0 Å². The first-order valence-electron chi connectivity index (χ1n) is 6.82. The van der Waals surface area contributed by atoms with Gasteiger partial charge in [0.1, 0.15) is 5.82 Å². The Balaban J connectivity index is 2.03. The van der Waals surface area contributed by atoms with Gasteiger partial charge in [-0.05, 0) is 23.5 Å². The van der Waals surface area contributed by atoms with Crippen LogP contribution in [0.15, 0.2) is 29.8 Å². The molecule has 0 saturated carbocycles. The van der Waals surface area contributed by atoms with E-state index in [1.807, 2.05) is 6.07 Å². The first-order valence-corrected chi connectivity index (χ1v) is 6.82. The van der Waals surface area contributed by atoms with Crippen molar-refractivity contribution >= 4 is 5.69 Å². The number of hydrogen-bond donors (Lipinski definition) is 1. The second kappa shape index (κ2) is 5.33. The molecule has 3 heteroatoms. The molecule has 1 aliphatic heterocycles. The lowest BCUT2D eigenvalue weighted by molar-refractivity contribution is 0.271. The third-order valence-corrected chi connectivity index (χ3v) is 3.79. The highest BCUT2D eigenvalue weighted by Crippen LogP contribution is 2.30. The normalized spacial score (nSPS) is 17.4. The van der Waals surface area contributed by atoms with E-state index in [2.05, 4.69) is 31.7 Å². The number of para-hydroxylation sites is 1. The number of rotatable bonds is 2. The van der Waals surface area contributed by atoms with Crippen LogP contribution in [0.1, 0.15) is 32.8 Å². The lowest BCUT2D eigenvalue weighted by atomic mass is 9.83.